The van der Waals surface area contributed by atoms with Gasteiger partial charge in [0.15, 0.2) is 0 Å². The number of nitrogens with zero attached hydrogens (tertiary/aromatic N) is 2. The lowest BCUT2D eigenvalue weighted by atomic mass is 9.86. The molecule has 1 aliphatic rings. The van der Waals surface area contributed by atoms with Crippen LogP contribution in [0.5, 0.6) is 0 Å². The first-order valence-corrected chi connectivity index (χ1v) is 9.21. The average Bonchev–Trinajstić information content (AvgIpc) is 2.95. The number of rotatable bonds is 6. The molecule has 1 aromatic heterocycles. The summed E-state index contributed by atoms with van der Waals surface area (Å²) in [5.74, 6) is -1.60. The first-order chi connectivity index (χ1) is 11.2. The van der Waals surface area contributed by atoms with Gasteiger partial charge >= 0.3 is 5.97 Å². The number of nitrogens with one attached hydrogen (secondary N) is 2. The van der Waals surface area contributed by atoms with Crippen LogP contribution in [0.2, 0.25) is 0 Å². The van der Waals surface area contributed by atoms with Gasteiger partial charge in [0.1, 0.15) is 4.90 Å². The van der Waals surface area contributed by atoms with Gasteiger partial charge in [-0.25, -0.2) is 8.42 Å². The van der Waals surface area contributed by atoms with E-state index in [9.17, 15) is 18.0 Å². The van der Waals surface area contributed by atoms with Crippen molar-refractivity contribution in [1.29, 1.82) is 0 Å². The van der Waals surface area contributed by atoms with E-state index in [-0.39, 0.29) is 16.9 Å². The lowest BCUT2D eigenvalue weighted by Crippen LogP contribution is -2.49. The summed E-state index contributed by atoms with van der Waals surface area (Å²) in [7, 11) is -2.22. The summed E-state index contributed by atoms with van der Waals surface area (Å²) < 4.78 is 28.0. The van der Waals surface area contributed by atoms with Crippen molar-refractivity contribution < 1.29 is 23.1 Å². The summed E-state index contributed by atoms with van der Waals surface area (Å²) in [6, 6.07) is -1.06. The van der Waals surface area contributed by atoms with E-state index >= 15 is 0 Å². The van der Waals surface area contributed by atoms with Crippen LogP contribution in [0, 0.1) is 5.92 Å². The number of carboxylic acids is 1. The highest BCUT2D eigenvalue weighted by Crippen LogP contribution is 2.24. The Morgan fingerprint density at radius 3 is 2.46 bits per heavy atom. The minimum absolute atomic E-state index is 0.00776. The molecule has 1 amide bonds. The molecule has 9 nitrogen and oxygen atoms in total. The summed E-state index contributed by atoms with van der Waals surface area (Å²) in [5.41, 5.74) is 0. The molecule has 1 heterocycles. The first kappa shape index (κ1) is 18.4. The number of aryl methyl sites for hydroxylation is 1. The largest absolute Gasteiger partial charge is 0.481 e. The van der Waals surface area contributed by atoms with Gasteiger partial charge in [-0.15, -0.1) is 0 Å². The van der Waals surface area contributed by atoms with Gasteiger partial charge in [-0.3, -0.25) is 14.3 Å². The topological polar surface area (TPSA) is 130 Å². The smallest absolute Gasteiger partial charge is 0.306 e. The lowest BCUT2D eigenvalue weighted by Gasteiger charge is -2.27. The first-order valence-electron chi connectivity index (χ1n) is 7.73. The number of aliphatic carboxylic acids is 1. The molecule has 1 fully saturated rings. The maximum absolute atomic E-state index is 12.2. The Morgan fingerprint density at radius 1 is 1.33 bits per heavy atom. The molecule has 1 saturated carbocycles. The quantitative estimate of drug-likeness (QED) is 0.648. The number of carboxylic acid groups (broad SMARTS) is 1. The Morgan fingerprint density at radius 2 is 1.96 bits per heavy atom. The zero-order valence-corrected chi connectivity index (χ0v) is 14.4. The Labute approximate surface area is 140 Å². The summed E-state index contributed by atoms with van der Waals surface area (Å²) in [6.07, 6.45) is 4.72. The van der Waals surface area contributed by atoms with Gasteiger partial charge in [-0.05, 0) is 32.6 Å². The van der Waals surface area contributed by atoms with E-state index in [0.717, 1.165) is 0 Å². The fourth-order valence-corrected chi connectivity index (χ4v) is 3.89. The van der Waals surface area contributed by atoms with Crippen LogP contribution in [0.1, 0.15) is 32.6 Å². The molecule has 2 rings (SSSR count). The van der Waals surface area contributed by atoms with E-state index in [4.69, 9.17) is 5.11 Å². The summed E-state index contributed by atoms with van der Waals surface area (Å²) in [5, 5.41) is 15.5. The highest BCUT2D eigenvalue weighted by molar-refractivity contribution is 7.89. The Balaban J connectivity index is 1.88. The highest BCUT2D eigenvalue weighted by atomic mass is 32.2. The molecule has 0 radical (unpaired) electrons. The van der Waals surface area contributed by atoms with Crippen LogP contribution >= 0.6 is 0 Å². The number of amides is 1. The Kier molecular flexibility index (Phi) is 5.60. The van der Waals surface area contributed by atoms with Crippen molar-refractivity contribution in [3.05, 3.63) is 12.4 Å². The van der Waals surface area contributed by atoms with Gasteiger partial charge < -0.3 is 10.4 Å². The predicted octanol–water partition coefficient (Wildman–Crippen LogP) is -0.153. The van der Waals surface area contributed by atoms with Gasteiger partial charge in [0, 0.05) is 19.3 Å². The molecule has 1 unspecified atom stereocenters. The molecule has 3 N–H and O–H groups in total. The third-order valence-corrected chi connectivity index (χ3v) is 5.63. The molecule has 0 bridgehead atoms. The third kappa shape index (κ3) is 4.54. The fourth-order valence-electron chi connectivity index (χ4n) is 2.70. The number of carbonyl (C=O) groups excluding carboxylic acids is 1. The minimum atomic E-state index is -3.82. The molecule has 24 heavy (non-hydrogen) atoms. The van der Waals surface area contributed by atoms with Gasteiger partial charge in [0.2, 0.25) is 15.9 Å². The molecular formula is C14H22N4O5S. The zero-order valence-electron chi connectivity index (χ0n) is 13.6. The molecule has 0 spiro atoms. The molecule has 1 aliphatic carbocycles. The number of carbonyl (C=O) groups is 2. The number of hydrogen-bond donors (Lipinski definition) is 3. The second-order valence-electron chi connectivity index (χ2n) is 6.09. The molecular weight excluding hydrogens is 336 g/mol. The van der Waals surface area contributed by atoms with Crippen molar-refractivity contribution in [3.8, 4) is 0 Å². The summed E-state index contributed by atoms with van der Waals surface area (Å²) in [4.78, 5) is 23.1. The molecule has 0 aliphatic heterocycles. The van der Waals surface area contributed by atoms with E-state index < -0.39 is 27.9 Å². The maximum Gasteiger partial charge on any atom is 0.306 e. The fraction of sp³-hybridized carbons (Fsp3) is 0.643. The minimum Gasteiger partial charge on any atom is -0.481 e. The van der Waals surface area contributed by atoms with E-state index in [0.29, 0.717) is 25.7 Å². The molecule has 0 aromatic carbocycles. The monoisotopic (exact) mass is 358 g/mol. The zero-order chi connectivity index (χ0) is 17.9. The molecule has 10 heteroatoms. The normalized spacial score (nSPS) is 22.8. The Hall–Kier alpha value is -1.94. The van der Waals surface area contributed by atoms with Crippen LogP contribution in [0.15, 0.2) is 17.3 Å². The second-order valence-corrected chi connectivity index (χ2v) is 7.80. The number of sulfonamides is 1. The van der Waals surface area contributed by atoms with Crippen molar-refractivity contribution >= 4 is 21.9 Å². The van der Waals surface area contributed by atoms with Crippen molar-refractivity contribution in [2.75, 3.05) is 0 Å². The van der Waals surface area contributed by atoms with Crippen molar-refractivity contribution in [3.63, 3.8) is 0 Å². The maximum atomic E-state index is 12.2. The van der Waals surface area contributed by atoms with E-state index in [2.05, 4.69) is 15.1 Å². The van der Waals surface area contributed by atoms with Gasteiger partial charge in [-0.1, -0.05) is 0 Å². The summed E-state index contributed by atoms with van der Waals surface area (Å²) in [6.45, 7) is 1.46. The molecule has 0 saturated heterocycles. The van der Waals surface area contributed by atoms with E-state index in [1.165, 1.54) is 24.0 Å². The van der Waals surface area contributed by atoms with Crippen LogP contribution in [-0.2, 0) is 26.7 Å². The van der Waals surface area contributed by atoms with Gasteiger partial charge in [0.25, 0.3) is 0 Å². The molecule has 134 valence electrons. The van der Waals surface area contributed by atoms with Crippen LogP contribution < -0.4 is 10.0 Å². The van der Waals surface area contributed by atoms with E-state index in [1.807, 2.05) is 0 Å². The van der Waals surface area contributed by atoms with Gasteiger partial charge in [-0.2, -0.15) is 9.82 Å². The van der Waals surface area contributed by atoms with Crippen LogP contribution in [0.4, 0.5) is 0 Å². The van der Waals surface area contributed by atoms with Crippen molar-refractivity contribution in [2.45, 2.75) is 49.6 Å². The number of aromatic nitrogens is 2. The van der Waals surface area contributed by atoms with E-state index in [1.54, 1.807) is 7.05 Å². The third-order valence-electron chi connectivity index (χ3n) is 4.14. The molecule has 1 atom stereocenters. The van der Waals surface area contributed by atoms with Crippen LogP contribution in [-0.4, -0.2) is 47.3 Å². The average molecular weight is 358 g/mol. The van der Waals surface area contributed by atoms with Crippen LogP contribution in [0.25, 0.3) is 0 Å². The lowest BCUT2D eigenvalue weighted by molar-refractivity contribution is -0.142. The second kappa shape index (κ2) is 7.31. The van der Waals surface area contributed by atoms with Gasteiger partial charge in [0.05, 0.1) is 18.2 Å². The standard InChI is InChI=1S/C14H22N4O5S/c1-9(17-24(22,23)12-7-15-18(2)8-12)13(19)16-11-5-3-10(4-6-11)14(20)21/h7-11,17H,3-6H2,1-2H3,(H,16,19)(H,20,21). The summed E-state index contributed by atoms with van der Waals surface area (Å²) >= 11 is 0. The predicted molar refractivity (Wildman–Crippen MR) is 84.5 cm³/mol. The molecule has 1 aromatic rings. The Bertz CT molecular complexity index is 707. The van der Waals surface area contributed by atoms with Crippen LogP contribution in [0.3, 0.4) is 0 Å². The number of hydrogen-bond acceptors (Lipinski definition) is 5. The van der Waals surface area contributed by atoms with Crippen molar-refractivity contribution in [1.82, 2.24) is 19.8 Å². The highest BCUT2D eigenvalue weighted by Gasteiger charge is 2.29. The van der Waals surface area contributed by atoms with Crippen molar-refractivity contribution in [2.24, 2.45) is 13.0 Å². The SMILES string of the molecule is CC(NS(=O)(=O)c1cnn(C)c1)C(=O)NC1CCC(C(=O)O)CC1.